The molecule has 0 aliphatic carbocycles. The quantitative estimate of drug-likeness (QED) is 0.698. The first-order chi connectivity index (χ1) is 8.31. The zero-order chi connectivity index (χ0) is 11.7. The Bertz CT molecular complexity index is 649. The van der Waals surface area contributed by atoms with Gasteiger partial charge in [-0.25, -0.2) is 4.39 Å². The molecular weight excluding hydrogens is 255 g/mol. The number of fused-ring (bicyclic) bond motifs is 1. The van der Waals surface area contributed by atoms with Crippen molar-refractivity contribution in [3.8, 4) is 0 Å². The standard InChI is InChI=1S/C12H7FN2S2/c13-8-1-3-9(4-2-8)16-10-5-6-11-12(7-10)15-17-14-11/h1-7H. The summed E-state index contributed by atoms with van der Waals surface area (Å²) >= 11 is 2.80. The van der Waals surface area contributed by atoms with Crippen LogP contribution in [0, 0.1) is 5.82 Å². The summed E-state index contributed by atoms with van der Waals surface area (Å²) in [7, 11) is 0. The Morgan fingerprint density at radius 1 is 0.882 bits per heavy atom. The maximum Gasteiger partial charge on any atom is 0.123 e. The van der Waals surface area contributed by atoms with Gasteiger partial charge in [-0.2, -0.15) is 8.75 Å². The number of rotatable bonds is 2. The van der Waals surface area contributed by atoms with Crippen molar-refractivity contribution in [2.24, 2.45) is 0 Å². The van der Waals surface area contributed by atoms with Gasteiger partial charge in [-0.3, -0.25) is 0 Å². The highest BCUT2D eigenvalue weighted by atomic mass is 32.2. The van der Waals surface area contributed by atoms with Gasteiger partial charge in [-0.05, 0) is 42.5 Å². The van der Waals surface area contributed by atoms with Gasteiger partial charge in [0.15, 0.2) is 0 Å². The maximum absolute atomic E-state index is 12.8. The average Bonchev–Trinajstić information content (AvgIpc) is 2.79. The lowest BCUT2D eigenvalue weighted by Gasteiger charge is -2.00. The van der Waals surface area contributed by atoms with E-state index in [9.17, 15) is 4.39 Å². The minimum Gasteiger partial charge on any atom is -0.207 e. The monoisotopic (exact) mass is 262 g/mol. The van der Waals surface area contributed by atoms with Crippen molar-refractivity contribution in [2.45, 2.75) is 9.79 Å². The second-order valence-electron chi connectivity index (χ2n) is 3.47. The van der Waals surface area contributed by atoms with Crippen LogP contribution in [0.5, 0.6) is 0 Å². The summed E-state index contributed by atoms with van der Waals surface area (Å²) in [6, 6.07) is 12.4. The fourth-order valence-electron chi connectivity index (χ4n) is 1.46. The van der Waals surface area contributed by atoms with Gasteiger partial charge in [0.25, 0.3) is 0 Å². The fourth-order valence-corrected chi connectivity index (χ4v) is 2.83. The molecule has 0 amide bonds. The van der Waals surface area contributed by atoms with Crippen LogP contribution in [0.25, 0.3) is 11.0 Å². The Labute approximate surface area is 106 Å². The van der Waals surface area contributed by atoms with Crippen molar-refractivity contribution in [3.63, 3.8) is 0 Å². The third-order valence-corrected chi connectivity index (χ3v) is 3.83. The number of halogens is 1. The number of benzene rings is 2. The summed E-state index contributed by atoms with van der Waals surface area (Å²) in [6.45, 7) is 0. The molecule has 1 heterocycles. The molecule has 0 radical (unpaired) electrons. The zero-order valence-electron chi connectivity index (χ0n) is 8.63. The van der Waals surface area contributed by atoms with Crippen LogP contribution in [0.15, 0.2) is 52.3 Å². The molecule has 0 atom stereocenters. The summed E-state index contributed by atoms with van der Waals surface area (Å²) < 4.78 is 21.1. The fraction of sp³-hybridized carbons (Fsp3) is 0. The first kappa shape index (κ1) is 10.7. The topological polar surface area (TPSA) is 25.8 Å². The molecule has 84 valence electrons. The van der Waals surface area contributed by atoms with Crippen LogP contribution in [0.2, 0.25) is 0 Å². The lowest BCUT2D eigenvalue weighted by molar-refractivity contribution is 0.626. The first-order valence-electron chi connectivity index (χ1n) is 4.97. The van der Waals surface area contributed by atoms with Crippen LogP contribution >= 0.6 is 23.5 Å². The largest absolute Gasteiger partial charge is 0.207 e. The van der Waals surface area contributed by atoms with E-state index in [1.54, 1.807) is 23.9 Å². The first-order valence-corrected chi connectivity index (χ1v) is 6.52. The van der Waals surface area contributed by atoms with Crippen molar-refractivity contribution in [1.82, 2.24) is 8.75 Å². The van der Waals surface area contributed by atoms with E-state index in [-0.39, 0.29) is 5.82 Å². The van der Waals surface area contributed by atoms with Crippen molar-refractivity contribution < 1.29 is 4.39 Å². The van der Waals surface area contributed by atoms with Crippen LogP contribution in [0.4, 0.5) is 4.39 Å². The molecule has 17 heavy (non-hydrogen) atoms. The van der Waals surface area contributed by atoms with E-state index in [4.69, 9.17) is 0 Å². The minimum atomic E-state index is -0.214. The van der Waals surface area contributed by atoms with Gasteiger partial charge in [-0.15, -0.1) is 0 Å². The summed E-state index contributed by atoms with van der Waals surface area (Å²) in [5.74, 6) is -0.214. The Kier molecular flexibility index (Phi) is 2.78. The number of hydrogen-bond donors (Lipinski definition) is 0. The molecule has 0 bridgehead atoms. The average molecular weight is 262 g/mol. The van der Waals surface area contributed by atoms with Gasteiger partial charge < -0.3 is 0 Å². The summed E-state index contributed by atoms with van der Waals surface area (Å²) in [4.78, 5) is 2.09. The van der Waals surface area contributed by atoms with Gasteiger partial charge in [0.2, 0.25) is 0 Å². The molecule has 0 unspecified atom stereocenters. The third kappa shape index (κ3) is 2.30. The molecule has 0 spiro atoms. The molecule has 0 fully saturated rings. The van der Waals surface area contributed by atoms with E-state index in [2.05, 4.69) is 8.75 Å². The number of nitrogens with zero attached hydrogens (tertiary/aromatic N) is 2. The predicted octanol–water partition coefficient (Wildman–Crippen LogP) is 3.98. The Morgan fingerprint density at radius 3 is 2.41 bits per heavy atom. The maximum atomic E-state index is 12.8. The lowest BCUT2D eigenvalue weighted by Crippen LogP contribution is -1.76. The molecule has 0 aliphatic heterocycles. The van der Waals surface area contributed by atoms with E-state index >= 15 is 0 Å². The van der Waals surface area contributed by atoms with E-state index in [1.165, 1.54) is 23.9 Å². The second-order valence-corrected chi connectivity index (χ2v) is 5.15. The van der Waals surface area contributed by atoms with Gasteiger partial charge in [-0.1, -0.05) is 11.8 Å². The van der Waals surface area contributed by atoms with Gasteiger partial charge >= 0.3 is 0 Å². The minimum absolute atomic E-state index is 0.214. The molecule has 0 saturated carbocycles. The van der Waals surface area contributed by atoms with Crippen LogP contribution in [0.1, 0.15) is 0 Å². The van der Waals surface area contributed by atoms with E-state index in [0.717, 1.165) is 20.8 Å². The molecule has 0 saturated heterocycles. The predicted molar refractivity (Wildman–Crippen MR) is 67.9 cm³/mol. The zero-order valence-corrected chi connectivity index (χ0v) is 10.3. The van der Waals surface area contributed by atoms with Crippen LogP contribution < -0.4 is 0 Å². The van der Waals surface area contributed by atoms with E-state index in [0.29, 0.717) is 0 Å². The molecule has 1 aromatic heterocycles. The van der Waals surface area contributed by atoms with Crippen LogP contribution in [-0.4, -0.2) is 8.75 Å². The van der Waals surface area contributed by atoms with Crippen molar-refractivity contribution in [2.75, 3.05) is 0 Å². The Balaban J connectivity index is 1.91. The third-order valence-electron chi connectivity index (χ3n) is 2.27. The molecule has 2 nitrogen and oxygen atoms in total. The van der Waals surface area contributed by atoms with Gasteiger partial charge in [0.05, 0.1) is 11.7 Å². The van der Waals surface area contributed by atoms with Gasteiger partial charge in [0.1, 0.15) is 16.9 Å². The summed E-state index contributed by atoms with van der Waals surface area (Å²) in [5, 5.41) is 0. The van der Waals surface area contributed by atoms with Crippen LogP contribution in [-0.2, 0) is 0 Å². The lowest BCUT2D eigenvalue weighted by atomic mass is 10.3. The van der Waals surface area contributed by atoms with Crippen molar-refractivity contribution >= 4 is 34.5 Å². The summed E-state index contributed by atoms with van der Waals surface area (Å²) in [6.07, 6.45) is 0. The van der Waals surface area contributed by atoms with E-state index in [1.807, 2.05) is 18.2 Å². The molecule has 5 heteroatoms. The highest BCUT2D eigenvalue weighted by Crippen LogP contribution is 2.29. The highest BCUT2D eigenvalue weighted by molar-refractivity contribution is 7.99. The summed E-state index contributed by atoms with van der Waals surface area (Å²) in [5.41, 5.74) is 1.82. The number of aromatic nitrogens is 2. The van der Waals surface area contributed by atoms with Gasteiger partial charge in [0, 0.05) is 9.79 Å². The highest BCUT2D eigenvalue weighted by Gasteiger charge is 2.02. The molecular formula is C12H7FN2S2. The SMILES string of the molecule is Fc1ccc(Sc2ccc3nsnc3c2)cc1. The molecule has 0 aliphatic rings. The Hall–Kier alpha value is -1.46. The van der Waals surface area contributed by atoms with Crippen molar-refractivity contribution in [3.05, 3.63) is 48.3 Å². The molecule has 2 aromatic carbocycles. The smallest absolute Gasteiger partial charge is 0.123 e. The molecule has 0 N–H and O–H groups in total. The molecule has 3 rings (SSSR count). The van der Waals surface area contributed by atoms with Crippen LogP contribution in [0.3, 0.4) is 0 Å². The van der Waals surface area contributed by atoms with E-state index < -0.39 is 0 Å². The second kappa shape index (κ2) is 4.43. The normalized spacial score (nSPS) is 10.9. The van der Waals surface area contributed by atoms with Crippen molar-refractivity contribution in [1.29, 1.82) is 0 Å². The number of hydrogen-bond acceptors (Lipinski definition) is 4. The Morgan fingerprint density at radius 2 is 1.59 bits per heavy atom. The molecule has 3 aromatic rings.